The number of carbonyl (C=O) groups is 2. The Balaban J connectivity index is 1.95. The number of anilines is 1. The van der Waals surface area contributed by atoms with E-state index in [4.69, 9.17) is 9.52 Å². The lowest BCUT2D eigenvalue weighted by Crippen LogP contribution is -2.35. The van der Waals surface area contributed by atoms with Crippen LogP contribution in [0.2, 0.25) is 0 Å². The molecule has 2 heterocycles. The van der Waals surface area contributed by atoms with Crippen molar-refractivity contribution in [3.05, 3.63) is 47.9 Å². The Hall–Kier alpha value is -2.65. The predicted octanol–water partition coefficient (Wildman–Crippen LogP) is 2.10. The van der Waals surface area contributed by atoms with Crippen molar-refractivity contribution in [1.29, 1.82) is 0 Å². The third-order valence-corrected chi connectivity index (χ3v) is 6.38. The van der Waals surface area contributed by atoms with E-state index >= 15 is 0 Å². The normalized spacial score (nSPS) is 15.0. The first-order valence-electron chi connectivity index (χ1n) is 8.50. The van der Waals surface area contributed by atoms with Gasteiger partial charge in [0.2, 0.25) is 10.0 Å². The second kappa shape index (κ2) is 7.53. The van der Waals surface area contributed by atoms with Crippen LogP contribution in [0.5, 0.6) is 0 Å². The fourth-order valence-corrected chi connectivity index (χ4v) is 4.73. The van der Waals surface area contributed by atoms with Gasteiger partial charge in [-0.3, -0.25) is 14.5 Å². The molecule has 9 heteroatoms. The number of aliphatic carboxylic acids is 1. The van der Waals surface area contributed by atoms with Gasteiger partial charge >= 0.3 is 5.97 Å². The Morgan fingerprint density at radius 2 is 1.81 bits per heavy atom. The molecule has 0 atom stereocenters. The van der Waals surface area contributed by atoms with Crippen LogP contribution in [0, 0.1) is 6.92 Å². The number of nitrogens with zero attached hydrogens (tertiary/aromatic N) is 2. The largest absolute Gasteiger partial charge is 0.480 e. The molecule has 0 unspecified atom stereocenters. The molecule has 1 N–H and O–H groups in total. The highest BCUT2D eigenvalue weighted by Gasteiger charge is 2.33. The van der Waals surface area contributed by atoms with Crippen LogP contribution in [-0.2, 0) is 14.8 Å². The summed E-state index contributed by atoms with van der Waals surface area (Å²) in [5, 5.41) is 9.15. The summed E-state index contributed by atoms with van der Waals surface area (Å²) >= 11 is 0. The molecule has 1 aliphatic heterocycles. The maximum Gasteiger partial charge on any atom is 0.323 e. The average Bonchev–Trinajstić information content (AvgIpc) is 3.30. The van der Waals surface area contributed by atoms with Crippen LogP contribution in [0.3, 0.4) is 0 Å². The molecule has 0 spiro atoms. The van der Waals surface area contributed by atoms with Gasteiger partial charge in [0.25, 0.3) is 5.91 Å². The minimum absolute atomic E-state index is 0.0592. The lowest BCUT2D eigenvalue weighted by molar-refractivity contribution is -0.135. The third-order valence-electron chi connectivity index (χ3n) is 4.37. The fraction of sp³-hybridized carbons (Fsp3) is 0.333. The highest BCUT2D eigenvalue weighted by molar-refractivity contribution is 7.89. The zero-order valence-corrected chi connectivity index (χ0v) is 15.6. The number of furan rings is 1. The van der Waals surface area contributed by atoms with Gasteiger partial charge in [-0.05, 0) is 31.9 Å². The van der Waals surface area contributed by atoms with E-state index in [0.29, 0.717) is 18.8 Å². The summed E-state index contributed by atoms with van der Waals surface area (Å²) in [7, 11) is -3.74. The predicted molar refractivity (Wildman–Crippen MR) is 97.2 cm³/mol. The number of aryl methyl sites for hydroxylation is 1. The van der Waals surface area contributed by atoms with Crippen LogP contribution in [0.4, 0.5) is 5.69 Å². The van der Waals surface area contributed by atoms with Gasteiger partial charge < -0.3 is 9.52 Å². The number of benzene rings is 1. The van der Waals surface area contributed by atoms with Gasteiger partial charge in [-0.1, -0.05) is 18.2 Å². The van der Waals surface area contributed by atoms with Crippen LogP contribution in [0.15, 0.2) is 45.7 Å². The smallest absolute Gasteiger partial charge is 0.323 e. The van der Waals surface area contributed by atoms with E-state index in [2.05, 4.69) is 0 Å². The summed E-state index contributed by atoms with van der Waals surface area (Å²) in [6.07, 6.45) is 1.59. The van der Waals surface area contributed by atoms with Gasteiger partial charge in [0.15, 0.2) is 5.76 Å². The van der Waals surface area contributed by atoms with Crippen molar-refractivity contribution in [3.63, 3.8) is 0 Å². The summed E-state index contributed by atoms with van der Waals surface area (Å²) in [6, 6.07) is 9.47. The van der Waals surface area contributed by atoms with Crippen molar-refractivity contribution in [2.45, 2.75) is 24.7 Å². The Labute approximate surface area is 157 Å². The van der Waals surface area contributed by atoms with E-state index in [1.54, 1.807) is 30.3 Å². The molecular weight excluding hydrogens is 372 g/mol. The molecule has 1 aromatic carbocycles. The minimum atomic E-state index is -3.74. The monoisotopic (exact) mass is 392 g/mol. The minimum Gasteiger partial charge on any atom is -0.480 e. The van der Waals surface area contributed by atoms with E-state index in [0.717, 1.165) is 17.7 Å². The summed E-state index contributed by atoms with van der Waals surface area (Å²) < 4.78 is 32.3. The van der Waals surface area contributed by atoms with E-state index in [1.165, 1.54) is 17.3 Å². The topological polar surface area (TPSA) is 108 Å². The van der Waals surface area contributed by atoms with Gasteiger partial charge in [-0.2, -0.15) is 4.31 Å². The lowest BCUT2D eigenvalue weighted by Gasteiger charge is -2.19. The van der Waals surface area contributed by atoms with Crippen LogP contribution in [0.1, 0.15) is 29.2 Å². The quantitative estimate of drug-likeness (QED) is 0.807. The van der Waals surface area contributed by atoms with Gasteiger partial charge in [-0.15, -0.1) is 0 Å². The number of carboxylic acid groups (broad SMARTS) is 1. The van der Waals surface area contributed by atoms with Crippen LogP contribution in [0.25, 0.3) is 0 Å². The highest BCUT2D eigenvalue weighted by atomic mass is 32.2. The molecule has 1 aliphatic rings. The number of rotatable bonds is 6. The molecule has 144 valence electrons. The summed E-state index contributed by atoms with van der Waals surface area (Å²) in [5.74, 6) is -2.01. The van der Waals surface area contributed by atoms with E-state index in [1.807, 2.05) is 0 Å². The molecule has 1 amide bonds. The first kappa shape index (κ1) is 19.1. The molecule has 2 aromatic rings. The zero-order valence-electron chi connectivity index (χ0n) is 14.8. The van der Waals surface area contributed by atoms with Crippen molar-refractivity contribution >= 4 is 27.6 Å². The molecule has 0 aliphatic carbocycles. The van der Waals surface area contributed by atoms with Gasteiger partial charge in [0, 0.05) is 24.8 Å². The first-order chi connectivity index (χ1) is 12.8. The van der Waals surface area contributed by atoms with Gasteiger partial charge in [0.05, 0.1) is 0 Å². The maximum absolute atomic E-state index is 12.9. The zero-order chi connectivity index (χ0) is 19.6. The molecule has 1 aromatic heterocycles. The van der Waals surface area contributed by atoms with E-state index in [-0.39, 0.29) is 16.4 Å². The van der Waals surface area contributed by atoms with Crippen molar-refractivity contribution in [3.8, 4) is 0 Å². The number of carboxylic acids is 1. The lowest BCUT2D eigenvalue weighted by atomic mass is 10.2. The Morgan fingerprint density at radius 1 is 1.19 bits per heavy atom. The van der Waals surface area contributed by atoms with Crippen LogP contribution in [-0.4, -0.2) is 49.3 Å². The number of hydrogen-bond donors (Lipinski definition) is 1. The number of amides is 1. The highest BCUT2D eigenvalue weighted by Crippen LogP contribution is 2.27. The average molecular weight is 392 g/mol. The molecule has 1 saturated heterocycles. The molecule has 1 fully saturated rings. The maximum atomic E-state index is 12.9. The molecule has 8 nitrogen and oxygen atoms in total. The first-order valence-corrected chi connectivity index (χ1v) is 9.94. The molecule has 3 rings (SSSR count). The third kappa shape index (κ3) is 3.88. The Bertz CT molecular complexity index is 945. The molecule has 27 heavy (non-hydrogen) atoms. The van der Waals surface area contributed by atoms with E-state index < -0.39 is 28.4 Å². The van der Waals surface area contributed by atoms with Crippen LogP contribution < -0.4 is 4.90 Å². The summed E-state index contributed by atoms with van der Waals surface area (Å²) in [5.41, 5.74) is 0.378. The van der Waals surface area contributed by atoms with Crippen molar-refractivity contribution in [2.75, 3.05) is 24.5 Å². The number of para-hydroxylation sites is 1. The van der Waals surface area contributed by atoms with Gasteiger partial charge in [-0.25, -0.2) is 8.42 Å². The molecular formula is C18H20N2O6S. The number of sulfonamides is 1. The Morgan fingerprint density at radius 3 is 2.41 bits per heavy atom. The summed E-state index contributed by atoms with van der Waals surface area (Å²) in [4.78, 5) is 25.0. The Kier molecular flexibility index (Phi) is 5.33. The summed E-state index contributed by atoms with van der Waals surface area (Å²) in [6.45, 7) is 1.78. The fourth-order valence-electron chi connectivity index (χ4n) is 3.05. The SMILES string of the molecule is Cc1oc(C(=O)N(CC(=O)O)c2ccccc2)cc1S(=O)(=O)N1CCCC1. The van der Waals surface area contributed by atoms with Crippen molar-refractivity contribution in [2.24, 2.45) is 0 Å². The molecule has 0 saturated carbocycles. The van der Waals surface area contributed by atoms with Gasteiger partial charge in [0.1, 0.15) is 17.2 Å². The standard InChI is InChI=1S/C18H20N2O6S/c1-13-16(27(24,25)19-9-5-6-10-19)11-15(26-13)18(23)20(12-17(21)22)14-7-3-2-4-8-14/h2-4,7-8,11H,5-6,9-10,12H2,1H3,(H,21,22). The van der Waals surface area contributed by atoms with Crippen molar-refractivity contribution in [1.82, 2.24) is 4.31 Å². The second-order valence-corrected chi connectivity index (χ2v) is 8.17. The number of hydrogen-bond acceptors (Lipinski definition) is 5. The van der Waals surface area contributed by atoms with E-state index in [9.17, 15) is 18.0 Å². The van der Waals surface area contributed by atoms with Crippen molar-refractivity contribution < 1.29 is 27.5 Å². The number of carbonyl (C=O) groups excluding carboxylic acids is 1. The van der Waals surface area contributed by atoms with Crippen LogP contribution >= 0.6 is 0 Å². The second-order valence-electron chi connectivity index (χ2n) is 6.26. The molecule has 0 radical (unpaired) electrons. The molecule has 0 bridgehead atoms.